The predicted octanol–water partition coefficient (Wildman–Crippen LogP) is 3.18. The molecule has 0 atom stereocenters. The fourth-order valence-electron chi connectivity index (χ4n) is 3.02. The molecule has 0 aliphatic carbocycles. The van der Waals surface area contributed by atoms with Crippen LogP contribution >= 0.6 is 0 Å². The van der Waals surface area contributed by atoms with E-state index in [1.807, 2.05) is 31.5 Å². The lowest BCUT2D eigenvalue weighted by molar-refractivity contribution is 0.448. The molecule has 2 aromatic heterocycles. The SMILES string of the molecule is CN1C=Cc2cc(Nc3cnccn3)nc(Nc3cccc(S(C)(=O)=O)c3)c2C1. The first-order valence-corrected chi connectivity index (χ1v) is 10.8. The van der Waals surface area contributed by atoms with E-state index in [0.29, 0.717) is 29.7 Å². The highest BCUT2D eigenvalue weighted by Gasteiger charge is 2.17. The number of aromatic nitrogens is 3. The van der Waals surface area contributed by atoms with Crippen molar-refractivity contribution in [3.8, 4) is 0 Å². The first-order chi connectivity index (χ1) is 13.9. The molecule has 1 aromatic carbocycles. The predicted molar refractivity (Wildman–Crippen MR) is 113 cm³/mol. The number of benzene rings is 1. The maximum Gasteiger partial charge on any atom is 0.175 e. The van der Waals surface area contributed by atoms with E-state index in [-0.39, 0.29) is 4.90 Å². The molecule has 0 saturated heterocycles. The smallest absolute Gasteiger partial charge is 0.175 e. The van der Waals surface area contributed by atoms with Crippen molar-refractivity contribution in [1.29, 1.82) is 0 Å². The third-order valence-corrected chi connectivity index (χ3v) is 5.53. The van der Waals surface area contributed by atoms with Crippen molar-refractivity contribution in [3.05, 3.63) is 66.2 Å². The monoisotopic (exact) mass is 408 g/mol. The first-order valence-electron chi connectivity index (χ1n) is 8.91. The van der Waals surface area contributed by atoms with E-state index in [1.165, 1.54) is 6.26 Å². The van der Waals surface area contributed by atoms with Gasteiger partial charge < -0.3 is 15.5 Å². The number of anilines is 4. The molecule has 148 valence electrons. The van der Waals surface area contributed by atoms with Gasteiger partial charge in [0.25, 0.3) is 0 Å². The van der Waals surface area contributed by atoms with Gasteiger partial charge in [0.15, 0.2) is 9.84 Å². The fourth-order valence-corrected chi connectivity index (χ4v) is 3.69. The molecule has 0 amide bonds. The Bertz CT molecular complexity index is 1180. The van der Waals surface area contributed by atoms with Crippen LogP contribution in [0.15, 0.2) is 60.0 Å². The highest BCUT2D eigenvalue weighted by molar-refractivity contribution is 7.90. The van der Waals surface area contributed by atoms with E-state index in [1.54, 1.807) is 36.8 Å². The van der Waals surface area contributed by atoms with E-state index < -0.39 is 9.84 Å². The zero-order valence-electron chi connectivity index (χ0n) is 16.0. The summed E-state index contributed by atoms with van der Waals surface area (Å²) in [5.74, 6) is 1.85. The number of nitrogens with zero attached hydrogens (tertiary/aromatic N) is 4. The lowest BCUT2D eigenvalue weighted by atomic mass is 10.1. The molecule has 1 aliphatic rings. The topological polar surface area (TPSA) is 100 Å². The van der Waals surface area contributed by atoms with Gasteiger partial charge in [-0.25, -0.2) is 18.4 Å². The molecule has 0 spiro atoms. The molecule has 1 aliphatic heterocycles. The molecular weight excluding hydrogens is 388 g/mol. The van der Waals surface area contributed by atoms with Crippen LogP contribution in [0.4, 0.5) is 23.1 Å². The molecule has 0 saturated carbocycles. The molecule has 29 heavy (non-hydrogen) atoms. The lowest BCUT2D eigenvalue weighted by Gasteiger charge is -2.24. The molecule has 0 radical (unpaired) electrons. The largest absolute Gasteiger partial charge is 0.376 e. The number of fused-ring (bicyclic) bond motifs is 1. The number of rotatable bonds is 5. The Morgan fingerprint density at radius 2 is 1.97 bits per heavy atom. The maximum atomic E-state index is 11.9. The van der Waals surface area contributed by atoms with Crippen molar-refractivity contribution < 1.29 is 8.42 Å². The van der Waals surface area contributed by atoms with Gasteiger partial charge in [-0.3, -0.25) is 4.98 Å². The van der Waals surface area contributed by atoms with Crippen LogP contribution in [0.1, 0.15) is 11.1 Å². The molecule has 0 bridgehead atoms. The zero-order chi connectivity index (χ0) is 20.4. The summed E-state index contributed by atoms with van der Waals surface area (Å²) in [4.78, 5) is 15.3. The minimum absolute atomic E-state index is 0.252. The summed E-state index contributed by atoms with van der Waals surface area (Å²) in [6.45, 7) is 0.679. The van der Waals surface area contributed by atoms with E-state index >= 15 is 0 Å². The number of hydrogen-bond acceptors (Lipinski definition) is 8. The number of nitrogens with one attached hydrogen (secondary N) is 2. The Morgan fingerprint density at radius 1 is 1.10 bits per heavy atom. The van der Waals surface area contributed by atoms with E-state index in [4.69, 9.17) is 4.98 Å². The van der Waals surface area contributed by atoms with Crippen molar-refractivity contribution >= 4 is 39.1 Å². The Hall–Kier alpha value is -3.46. The van der Waals surface area contributed by atoms with Crippen LogP contribution < -0.4 is 10.6 Å². The summed E-state index contributed by atoms with van der Waals surface area (Å²) in [7, 11) is -1.31. The van der Waals surface area contributed by atoms with Gasteiger partial charge in [0.2, 0.25) is 0 Å². The molecule has 8 nitrogen and oxygen atoms in total. The van der Waals surface area contributed by atoms with Crippen LogP contribution in [0, 0.1) is 0 Å². The summed E-state index contributed by atoms with van der Waals surface area (Å²) >= 11 is 0. The molecule has 9 heteroatoms. The molecule has 3 aromatic rings. The van der Waals surface area contributed by atoms with Gasteiger partial charge >= 0.3 is 0 Å². The van der Waals surface area contributed by atoms with Gasteiger partial charge in [0, 0.05) is 43.5 Å². The average Bonchev–Trinajstić information content (AvgIpc) is 2.69. The van der Waals surface area contributed by atoms with Crippen LogP contribution in [0.5, 0.6) is 0 Å². The summed E-state index contributed by atoms with van der Waals surface area (Å²) in [6, 6.07) is 8.65. The van der Waals surface area contributed by atoms with Gasteiger partial charge in [0.05, 0.1) is 11.1 Å². The van der Waals surface area contributed by atoms with E-state index in [9.17, 15) is 8.42 Å². The average molecular weight is 408 g/mol. The third-order valence-electron chi connectivity index (χ3n) is 4.42. The minimum Gasteiger partial charge on any atom is -0.376 e. The van der Waals surface area contributed by atoms with Gasteiger partial charge in [0.1, 0.15) is 17.5 Å². The quantitative estimate of drug-likeness (QED) is 0.664. The molecule has 0 unspecified atom stereocenters. The van der Waals surface area contributed by atoms with Crippen molar-refractivity contribution in [2.24, 2.45) is 0 Å². The van der Waals surface area contributed by atoms with Crippen LogP contribution in [-0.4, -0.2) is 41.6 Å². The minimum atomic E-state index is -3.30. The summed E-state index contributed by atoms with van der Waals surface area (Å²) in [5, 5.41) is 6.44. The second kappa shape index (κ2) is 7.51. The van der Waals surface area contributed by atoms with Crippen LogP contribution in [0.3, 0.4) is 0 Å². The van der Waals surface area contributed by atoms with Crippen molar-refractivity contribution in [2.75, 3.05) is 23.9 Å². The van der Waals surface area contributed by atoms with Crippen LogP contribution in [0.2, 0.25) is 0 Å². The number of pyridine rings is 1. The van der Waals surface area contributed by atoms with Gasteiger partial charge in [-0.1, -0.05) is 6.07 Å². The first kappa shape index (κ1) is 18.9. The molecule has 2 N–H and O–H groups in total. The van der Waals surface area contributed by atoms with Gasteiger partial charge in [-0.15, -0.1) is 0 Å². The molecular formula is C20H20N6O2S. The molecule has 4 rings (SSSR count). The van der Waals surface area contributed by atoms with Gasteiger partial charge in [-0.2, -0.15) is 0 Å². The summed E-state index contributed by atoms with van der Waals surface area (Å²) < 4.78 is 23.8. The third kappa shape index (κ3) is 4.35. The van der Waals surface area contributed by atoms with Crippen molar-refractivity contribution in [1.82, 2.24) is 19.9 Å². The summed E-state index contributed by atoms with van der Waals surface area (Å²) in [6.07, 6.45) is 10.0. The Morgan fingerprint density at radius 3 is 2.72 bits per heavy atom. The maximum absolute atomic E-state index is 11.9. The fraction of sp³-hybridized carbons (Fsp3) is 0.150. The Labute approximate surface area is 169 Å². The zero-order valence-corrected chi connectivity index (χ0v) is 16.8. The highest BCUT2D eigenvalue weighted by atomic mass is 32.2. The molecule has 0 fully saturated rings. The summed E-state index contributed by atoms with van der Waals surface area (Å²) in [5.41, 5.74) is 2.69. The van der Waals surface area contributed by atoms with E-state index in [0.717, 1.165) is 11.1 Å². The van der Waals surface area contributed by atoms with Crippen LogP contribution in [-0.2, 0) is 16.4 Å². The number of hydrogen-bond donors (Lipinski definition) is 2. The lowest BCUT2D eigenvalue weighted by Crippen LogP contribution is -2.17. The Balaban J connectivity index is 1.73. The highest BCUT2D eigenvalue weighted by Crippen LogP contribution is 2.31. The standard InChI is InChI=1S/C20H20N6O2S/c1-26-9-6-14-10-18(24-19-12-21-7-8-22-19)25-20(17(14)13-26)23-15-4-3-5-16(11-15)29(2,27)28/h3-12H,13H2,1-2H3,(H2,22,23,24,25). The Kier molecular flexibility index (Phi) is 4.89. The number of sulfone groups is 1. The van der Waals surface area contributed by atoms with Gasteiger partial charge in [-0.05, 0) is 42.1 Å². The normalized spacial score (nSPS) is 13.1. The second-order valence-corrected chi connectivity index (χ2v) is 8.81. The second-order valence-electron chi connectivity index (χ2n) is 6.80. The van der Waals surface area contributed by atoms with Crippen molar-refractivity contribution in [3.63, 3.8) is 0 Å². The van der Waals surface area contributed by atoms with Crippen molar-refractivity contribution in [2.45, 2.75) is 11.4 Å². The van der Waals surface area contributed by atoms with E-state index in [2.05, 4.69) is 25.5 Å². The van der Waals surface area contributed by atoms with Crippen LogP contribution in [0.25, 0.3) is 6.08 Å². The molecule has 3 heterocycles.